The Morgan fingerprint density at radius 2 is 1.91 bits per heavy atom. The smallest absolute Gasteiger partial charge is 0.238 e. The van der Waals surface area contributed by atoms with Crippen LogP contribution in [0.5, 0.6) is 0 Å². The molecule has 1 aliphatic heterocycles. The molecule has 0 aromatic heterocycles. The van der Waals surface area contributed by atoms with Crippen LogP contribution < -0.4 is 11.1 Å². The number of hydrogen-bond acceptors (Lipinski definition) is 3. The first-order valence-corrected chi connectivity index (χ1v) is 8.47. The van der Waals surface area contributed by atoms with Gasteiger partial charge in [-0.25, -0.2) is 0 Å². The number of piperidine rings is 1. The van der Waals surface area contributed by atoms with E-state index in [-0.39, 0.29) is 17.7 Å². The van der Waals surface area contributed by atoms with Crippen LogP contribution in [0, 0.1) is 5.92 Å². The molecule has 1 saturated heterocycles. The Labute approximate surface area is 138 Å². The predicted octanol–water partition coefficient (Wildman–Crippen LogP) is 1.95. The first-order valence-electron chi connectivity index (χ1n) is 8.47. The molecule has 0 saturated carbocycles. The van der Waals surface area contributed by atoms with Crippen molar-refractivity contribution in [2.45, 2.75) is 39.5 Å². The van der Waals surface area contributed by atoms with Gasteiger partial charge in [-0.05, 0) is 43.4 Å². The van der Waals surface area contributed by atoms with E-state index in [1.807, 2.05) is 11.0 Å². The molecule has 0 unspecified atom stereocenters. The number of nitrogens with one attached hydrogen (secondary N) is 1. The molecule has 2 amide bonds. The number of nitrogens with zero attached hydrogens (tertiary/aromatic N) is 1. The van der Waals surface area contributed by atoms with Crippen molar-refractivity contribution in [3.05, 3.63) is 29.3 Å². The first-order chi connectivity index (χ1) is 11.0. The lowest BCUT2D eigenvalue weighted by atomic mass is 9.97. The van der Waals surface area contributed by atoms with E-state index in [0.717, 1.165) is 49.0 Å². The molecule has 1 aliphatic rings. The van der Waals surface area contributed by atoms with E-state index in [1.165, 1.54) is 0 Å². The van der Waals surface area contributed by atoms with Gasteiger partial charge in [0.05, 0.1) is 12.5 Å². The molecule has 126 valence electrons. The van der Waals surface area contributed by atoms with Crippen LogP contribution in [0.15, 0.2) is 18.2 Å². The molecule has 1 aromatic rings. The molecule has 3 N–H and O–H groups in total. The highest BCUT2D eigenvalue weighted by Crippen LogP contribution is 2.23. The Hall–Kier alpha value is -1.88. The van der Waals surface area contributed by atoms with Gasteiger partial charge in [-0.15, -0.1) is 0 Å². The number of likely N-dealkylation sites (tertiary alicyclic amines) is 1. The van der Waals surface area contributed by atoms with Crippen LogP contribution in [-0.4, -0.2) is 36.3 Å². The molecule has 1 heterocycles. The van der Waals surface area contributed by atoms with Gasteiger partial charge < -0.3 is 11.1 Å². The predicted molar refractivity (Wildman–Crippen MR) is 92.2 cm³/mol. The summed E-state index contributed by atoms with van der Waals surface area (Å²) in [7, 11) is 0. The second-order valence-electron chi connectivity index (χ2n) is 6.18. The molecule has 0 radical (unpaired) electrons. The average molecular weight is 317 g/mol. The summed E-state index contributed by atoms with van der Waals surface area (Å²) < 4.78 is 0. The van der Waals surface area contributed by atoms with Gasteiger partial charge in [0.25, 0.3) is 0 Å². The summed E-state index contributed by atoms with van der Waals surface area (Å²) in [4.78, 5) is 25.8. The van der Waals surface area contributed by atoms with Crippen LogP contribution in [0.2, 0.25) is 0 Å². The number of aryl methyl sites for hydroxylation is 2. The van der Waals surface area contributed by atoms with E-state index in [0.29, 0.717) is 13.1 Å². The van der Waals surface area contributed by atoms with Gasteiger partial charge in [0.15, 0.2) is 0 Å². The maximum Gasteiger partial charge on any atom is 0.238 e. The number of nitrogens with two attached hydrogens (primary N) is 1. The van der Waals surface area contributed by atoms with Gasteiger partial charge >= 0.3 is 0 Å². The lowest BCUT2D eigenvalue weighted by Crippen LogP contribution is -2.44. The van der Waals surface area contributed by atoms with Gasteiger partial charge in [-0.2, -0.15) is 0 Å². The van der Waals surface area contributed by atoms with E-state index in [9.17, 15) is 9.59 Å². The van der Waals surface area contributed by atoms with Crippen molar-refractivity contribution >= 4 is 17.5 Å². The summed E-state index contributed by atoms with van der Waals surface area (Å²) in [5.74, 6) is -0.420. The SMILES string of the molecule is CCc1cccc(CC)c1NC(=O)CN1CCC[C@H](C(N)=O)C1. The van der Waals surface area contributed by atoms with Crippen LogP contribution in [0.1, 0.15) is 37.8 Å². The zero-order valence-corrected chi connectivity index (χ0v) is 14.1. The minimum atomic E-state index is -0.264. The van der Waals surface area contributed by atoms with Crippen molar-refractivity contribution in [3.63, 3.8) is 0 Å². The molecule has 1 fully saturated rings. The van der Waals surface area contributed by atoms with Crippen LogP contribution in [0.25, 0.3) is 0 Å². The van der Waals surface area contributed by atoms with Crippen LogP contribution in [0.3, 0.4) is 0 Å². The molecule has 2 rings (SSSR count). The van der Waals surface area contributed by atoms with Crippen molar-refractivity contribution in [2.24, 2.45) is 11.7 Å². The summed E-state index contributed by atoms with van der Waals surface area (Å²) >= 11 is 0. The minimum Gasteiger partial charge on any atom is -0.369 e. The topological polar surface area (TPSA) is 75.4 Å². The van der Waals surface area contributed by atoms with Crippen molar-refractivity contribution in [1.29, 1.82) is 0 Å². The van der Waals surface area contributed by atoms with Gasteiger partial charge in [0, 0.05) is 12.2 Å². The Morgan fingerprint density at radius 3 is 2.48 bits per heavy atom. The van der Waals surface area contributed by atoms with Gasteiger partial charge in [-0.1, -0.05) is 32.0 Å². The molecule has 5 heteroatoms. The summed E-state index contributed by atoms with van der Waals surface area (Å²) in [6.07, 6.45) is 3.51. The summed E-state index contributed by atoms with van der Waals surface area (Å²) in [6, 6.07) is 6.15. The normalized spacial score (nSPS) is 18.6. The third-order valence-corrected chi connectivity index (χ3v) is 4.54. The molecule has 23 heavy (non-hydrogen) atoms. The van der Waals surface area contributed by atoms with Crippen molar-refractivity contribution < 1.29 is 9.59 Å². The fraction of sp³-hybridized carbons (Fsp3) is 0.556. The number of primary amides is 1. The van der Waals surface area contributed by atoms with Gasteiger partial charge in [0.1, 0.15) is 0 Å². The third kappa shape index (κ3) is 4.55. The number of carbonyl (C=O) groups excluding carboxylic acids is 2. The maximum atomic E-state index is 12.4. The van der Waals surface area contributed by atoms with Crippen LogP contribution in [0.4, 0.5) is 5.69 Å². The van der Waals surface area contributed by atoms with E-state index in [1.54, 1.807) is 0 Å². The van der Waals surface area contributed by atoms with E-state index >= 15 is 0 Å². The average Bonchev–Trinajstić information content (AvgIpc) is 2.55. The Kier molecular flexibility index (Phi) is 6.16. The summed E-state index contributed by atoms with van der Waals surface area (Å²) in [6.45, 7) is 5.91. The number of rotatable bonds is 6. The molecular weight excluding hydrogens is 290 g/mol. The third-order valence-electron chi connectivity index (χ3n) is 4.54. The number of para-hydroxylation sites is 1. The second kappa shape index (κ2) is 8.11. The van der Waals surface area contributed by atoms with Gasteiger partial charge in [0.2, 0.25) is 11.8 Å². The number of anilines is 1. The second-order valence-corrected chi connectivity index (χ2v) is 6.18. The Bertz CT molecular complexity index is 549. The zero-order valence-electron chi connectivity index (χ0n) is 14.1. The van der Waals surface area contributed by atoms with E-state index < -0.39 is 0 Å². The summed E-state index contributed by atoms with van der Waals surface area (Å²) in [5, 5.41) is 3.08. The summed E-state index contributed by atoms with van der Waals surface area (Å²) in [5.41, 5.74) is 8.66. The maximum absolute atomic E-state index is 12.4. The molecule has 5 nitrogen and oxygen atoms in total. The zero-order chi connectivity index (χ0) is 16.8. The van der Waals surface area contributed by atoms with Crippen LogP contribution in [-0.2, 0) is 22.4 Å². The Balaban J connectivity index is 2.01. The van der Waals surface area contributed by atoms with E-state index in [2.05, 4.69) is 31.3 Å². The van der Waals surface area contributed by atoms with Crippen molar-refractivity contribution in [3.8, 4) is 0 Å². The fourth-order valence-electron chi connectivity index (χ4n) is 3.22. The first kappa shape index (κ1) is 17.5. The molecule has 0 bridgehead atoms. The van der Waals surface area contributed by atoms with Crippen molar-refractivity contribution in [1.82, 2.24) is 4.90 Å². The number of carbonyl (C=O) groups is 2. The quantitative estimate of drug-likeness (QED) is 0.842. The number of hydrogen-bond donors (Lipinski definition) is 2. The molecule has 1 atom stereocenters. The van der Waals surface area contributed by atoms with Gasteiger partial charge in [-0.3, -0.25) is 14.5 Å². The highest BCUT2D eigenvalue weighted by Gasteiger charge is 2.25. The molecule has 0 spiro atoms. The highest BCUT2D eigenvalue weighted by atomic mass is 16.2. The largest absolute Gasteiger partial charge is 0.369 e. The van der Waals surface area contributed by atoms with E-state index in [4.69, 9.17) is 5.73 Å². The fourth-order valence-corrected chi connectivity index (χ4v) is 3.22. The number of amides is 2. The minimum absolute atomic E-state index is 0.0225. The standard InChI is InChI=1S/C18H27N3O2/c1-3-13-7-5-8-14(4-2)17(13)20-16(22)12-21-10-6-9-15(11-21)18(19)23/h5,7-8,15H,3-4,6,9-12H2,1-2H3,(H2,19,23)(H,20,22)/t15-/m0/s1. The number of benzene rings is 1. The molecule has 1 aromatic carbocycles. The highest BCUT2D eigenvalue weighted by molar-refractivity contribution is 5.94. The Morgan fingerprint density at radius 1 is 1.26 bits per heavy atom. The lowest BCUT2D eigenvalue weighted by Gasteiger charge is -2.30. The monoisotopic (exact) mass is 317 g/mol. The van der Waals surface area contributed by atoms with Crippen molar-refractivity contribution in [2.75, 3.05) is 25.0 Å². The molecular formula is C18H27N3O2. The lowest BCUT2D eigenvalue weighted by molar-refractivity contribution is -0.125. The van der Waals surface area contributed by atoms with Crippen LogP contribution >= 0.6 is 0 Å². The molecule has 0 aliphatic carbocycles.